The van der Waals surface area contributed by atoms with Crippen molar-refractivity contribution < 1.29 is 24.3 Å². The molecule has 1 atom stereocenters. The van der Waals surface area contributed by atoms with Crippen LogP contribution < -0.4 is 20.4 Å². The Bertz CT molecular complexity index is 1220. The van der Waals surface area contributed by atoms with Crippen LogP contribution in [0.25, 0.3) is 0 Å². The number of carbonyl (C=O) groups is 4. The maximum Gasteiger partial charge on any atom is 0.335 e. The van der Waals surface area contributed by atoms with Crippen molar-refractivity contribution in [2.75, 3.05) is 28.2 Å². The van der Waals surface area contributed by atoms with E-state index in [1.165, 1.54) is 29.5 Å². The second kappa shape index (κ2) is 15.9. The molecule has 1 aliphatic carbocycles. The van der Waals surface area contributed by atoms with Crippen LogP contribution in [0.2, 0.25) is 0 Å². The van der Waals surface area contributed by atoms with Gasteiger partial charge in [0, 0.05) is 23.7 Å². The maximum absolute atomic E-state index is 14.0. The summed E-state index contributed by atoms with van der Waals surface area (Å²) in [6.45, 7) is 13.6. The number of carboxylic acids is 1. The van der Waals surface area contributed by atoms with E-state index < -0.39 is 23.5 Å². The van der Waals surface area contributed by atoms with Crippen molar-refractivity contribution in [1.82, 2.24) is 5.32 Å². The molecule has 0 aromatic heterocycles. The predicted octanol–water partition coefficient (Wildman–Crippen LogP) is 6.73. The first kappa shape index (κ1) is 34.3. The van der Waals surface area contributed by atoms with Gasteiger partial charge in [-0.05, 0) is 43.2 Å². The van der Waals surface area contributed by atoms with Crippen molar-refractivity contribution >= 4 is 40.8 Å². The zero-order chi connectivity index (χ0) is 31.4. The average Bonchev–Trinajstić information content (AvgIpc) is 3.10. The Morgan fingerprint density at radius 2 is 1.52 bits per heavy atom. The summed E-state index contributed by atoms with van der Waals surface area (Å²) in [6.07, 6.45) is 5.36. The molecule has 4 rings (SSSR count). The first-order chi connectivity index (χ1) is 20.0. The monoisotopic (exact) mass is 580 g/mol. The minimum atomic E-state index is -1.10. The van der Waals surface area contributed by atoms with Gasteiger partial charge in [-0.1, -0.05) is 85.9 Å². The number of carboxylic acid groups (broad SMARTS) is 1. The lowest BCUT2D eigenvalue weighted by Crippen LogP contribution is -2.55. The highest BCUT2D eigenvalue weighted by molar-refractivity contribution is 6.08. The lowest BCUT2D eigenvalue weighted by molar-refractivity contribution is -0.127. The number of carbonyl (C=O) groups excluding carboxylic acids is 3. The van der Waals surface area contributed by atoms with Crippen molar-refractivity contribution in [2.45, 2.75) is 92.7 Å². The van der Waals surface area contributed by atoms with Crippen molar-refractivity contribution in [1.29, 1.82) is 0 Å². The van der Waals surface area contributed by atoms with Crippen LogP contribution in [0.4, 0.5) is 21.9 Å². The number of rotatable bonds is 6. The van der Waals surface area contributed by atoms with Crippen LogP contribution in [0, 0.1) is 5.41 Å². The smallest absolute Gasteiger partial charge is 0.335 e. The number of hydrogen-bond acceptors (Lipinski definition) is 5. The van der Waals surface area contributed by atoms with Crippen molar-refractivity contribution in [3.8, 4) is 0 Å². The van der Waals surface area contributed by atoms with Gasteiger partial charge in [0.15, 0.2) is 5.78 Å². The molecule has 0 spiro atoms. The molecule has 230 valence electrons. The molecule has 2 aromatic carbocycles. The topological polar surface area (TPSA) is 119 Å². The van der Waals surface area contributed by atoms with E-state index in [1.54, 1.807) is 6.07 Å². The number of ketones is 1. The fourth-order valence-corrected chi connectivity index (χ4v) is 5.06. The molecule has 1 aliphatic heterocycles. The molecule has 9 nitrogen and oxygen atoms in total. The van der Waals surface area contributed by atoms with Crippen molar-refractivity contribution in [3.63, 3.8) is 0 Å². The van der Waals surface area contributed by atoms with Gasteiger partial charge in [0.05, 0.1) is 23.5 Å². The molecular formula is C33H48N4O5. The Morgan fingerprint density at radius 3 is 2.12 bits per heavy atom. The van der Waals surface area contributed by atoms with Gasteiger partial charge in [-0.15, -0.1) is 0 Å². The van der Waals surface area contributed by atoms with E-state index in [9.17, 15) is 24.3 Å². The number of anilines is 3. The molecule has 1 fully saturated rings. The second-order valence-corrected chi connectivity index (χ2v) is 11.1. The van der Waals surface area contributed by atoms with Crippen LogP contribution in [-0.2, 0) is 9.59 Å². The van der Waals surface area contributed by atoms with Crippen LogP contribution in [0.1, 0.15) is 90.9 Å². The van der Waals surface area contributed by atoms with Crippen molar-refractivity contribution in [3.05, 3.63) is 54.1 Å². The number of nitrogens with one attached hydrogen (secondary N) is 2. The summed E-state index contributed by atoms with van der Waals surface area (Å²) in [6, 6.07) is 12.2. The third-order valence-electron chi connectivity index (χ3n) is 7.25. The summed E-state index contributed by atoms with van der Waals surface area (Å²) in [4.78, 5) is 55.1. The Balaban J connectivity index is 0.00000148. The van der Waals surface area contributed by atoms with E-state index in [-0.39, 0.29) is 36.4 Å². The van der Waals surface area contributed by atoms with E-state index in [0.29, 0.717) is 11.4 Å². The Hall–Kier alpha value is -3.88. The van der Waals surface area contributed by atoms with E-state index in [0.717, 1.165) is 31.4 Å². The third kappa shape index (κ3) is 8.81. The van der Waals surface area contributed by atoms with Crippen LogP contribution in [-0.4, -0.2) is 54.0 Å². The maximum atomic E-state index is 14.0. The number of fused-ring (bicyclic) bond motifs is 1. The summed E-state index contributed by atoms with van der Waals surface area (Å²) >= 11 is 0. The average molecular weight is 581 g/mol. The number of aromatic carboxylic acids is 1. The zero-order valence-corrected chi connectivity index (χ0v) is 26.2. The molecule has 3 amide bonds. The van der Waals surface area contributed by atoms with Crippen LogP contribution in [0.5, 0.6) is 0 Å². The SMILES string of the molecule is CC.CC.CC(C)(C)C(=O)CN1C(=O)[C@H](NC(=O)Nc2cccc(C(=O)O)c2)CN(C2CCCCC2)c2ccccc21. The molecule has 0 radical (unpaired) electrons. The summed E-state index contributed by atoms with van der Waals surface area (Å²) in [5, 5.41) is 14.7. The number of urea groups is 1. The number of Topliss-reactive ketones (excluding diaryl/α,β-unsaturated/α-hetero) is 1. The van der Waals surface area contributed by atoms with Crippen LogP contribution >= 0.6 is 0 Å². The largest absolute Gasteiger partial charge is 0.478 e. The van der Waals surface area contributed by atoms with Crippen LogP contribution in [0.15, 0.2) is 48.5 Å². The third-order valence-corrected chi connectivity index (χ3v) is 7.25. The Labute approximate surface area is 250 Å². The van der Waals surface area contributed by atoms with Gasteiger partial charge in [0.2, 0.25) is 0 Å². The molecular weight excluding hydrogens is 532 g/mol. The minimum absolute atomic E-state index is 0.0409. The number of benzene rings is 2. The molecule has 9 heteroatoms. The van der Waals surface area contributed by atoms with Gasteiger partial charge in [0.1, 0.15) is 6.04 Å². The number of nitrogens with zero attached hydrogens (tertiary/aromatic N) is 2. The Kier molecular flexibility index (Phi) is 13.0. The molecule has 3 N–H and O–H groups in total. The molecule has 2 aromatic rings. The standard InChI is InChI=1S/C29H36N4O5.2C2H6/c1-29(2,3)25(34)18-33-24-15-8-7-14-23(24)32(21-12-5-4-6-13-21)17-22(26(33)35)31-28(38)30-20-11-9-10-19(16-20)27(36)37;2*1-2/h7-11,14-16,21-22H,4-6,12-13,17-18H2,1-3H3,(H,36,37)(H2,30,31,38);2*1-2H3/t22-;;/m1../s1. The minimum Gasteiger partial charge on any atom is -0.478 e. The molecule has 0 bridgehead atoms. The summed E-state index contributed by atoms with van der Waals surface area (Å²) in [5.41, 5.74) is 1.25. The van der Waals surface area contributed by atoms with E-state index >= 15 is 0 Å². The van der Waals surface area contributed by atoms with Gasteiger partial charge in [-0.3, -0.25) is 9.59 Å². The van der Waals surface area contributed by atoms with E-state index in [2.05, 4.69) is 15.5 Å². The van der Waals surface area contributed by atoms with Crippen LogP contribution in [0.3, 0.4) is 0 Å². The quantitative estimate of drug-likeness (QED) is 0.349. The first-order valence-corrected chi connectivity index (χ1v) is 15.2. The highest BCUT2D eigenvalue weighted by atomic mass is 16.4. The molecule has 0 saturated heterocycles. The summed E-state index contributed by atoms with van der Waals surface area (Å²) in [7, 11) is 0. The lowest BCUT2D eigenvalue weighted by atomic mass is 9.90. The summed E-state index contributed by atoms with van der Waals surface area (Å²) < 4.78 is 0. The van der Waals surface area contributed by atoms with Gasteiger partial charge in [-0.2, -0.15) is 0 Å². The fraction of sp³-hybridized carbons (Fsp3) is 0.515. The van der Waals surface area contributed by atoms with E-state index in [1.807, 2.05) is 72.7 Å². The number of hydrogen-bond donors (Lipinski definition) is 3. The second-order valence-electron chi connectivity index (χ2n) is 11.1. The fourth-order valence-electron chi connectivity index (χ4n) is 5.06. The normalized spacial score (nSPS) is 16.9. The molecule has 42 heavy (non-hydrogen) atoms. The molecule has 0 unspecified atom stereocenters. The number of amides is 3. The summed E-state index contributed by atoms with van der Waals surface area (Å²) in [5.74, 6) is -1.55. The van der Waals surface area contributed by atoms with E-state index in [4.69, 9.17) is 0 Å². The predicted molar refractivity (Wildman–Crippen MR) is 170 cm³/mol. The number of para-hydroxylation sites is 2. The van der Waals surface area contributed by atoms with Gasteiger partial charge < -0.3 is 25.5 Å². The van der Waals surface area contributed by atoms with Gasteiger partial charge in [0.25, 0.3) is 5.91 Å². The first-order valence-electron chi connectivity index (χ1n) is 15.2. The zero-order valence-electron chi connectivity index (χ0n) is 26.2. The highest BCUT2D eigenvalue weighted by Gasteiger charge is 2.39. The molecule has 1 saturated carbocycles. The molecule has 1 heterocycles. The lowest BCUT2D eigenvalue weighted by Gasteiger charge is -2.37. The van der Waals surface area contributed by atoms with Gasteiger partial charge in [-0.25, -0.2) is 9.59 Å². The van der Waals surface area contributed by atoms with Gasteiger partial charge >= 0.3 is 12.0 Å². The Morgan fingerprint density at radius 1 is 0.905 bits per heavy atom. The van der Waals surface area contributed by atoms with Crippen molar-refractivity contribution in [2.24, 2.45) is 5.41 Å². The molecule has 2 aliphatic rings. The highest BCUT2D eigenvalue weighted by Crippen LogP contribution is 2.37.